The van der Waals surface area contributed by atoms with Gasteiger partial charge >= 0.3 is 0 Å². The quantitative estimate of drug-likeness (QED) is 0.768. The number of carbonyl (C=O) groups excluding carboxylic acids is 1. The SMILES string of the molecule is Cc1cc(Nc2ncnc(N)c2C)c(C)c2c1C(=O)NC21CCCCC1. The van der Waals surface area contributed by atoms with Crippen LogP contribution in [0.4, 0.5) is 17.3 Å². The second-order valence-electron chi connectivity index (χ2n) is 7.57. The number of aromatic nitrogens is 2. The molecule has 0 bridgehead atoms. The summed E-state index contributed by atoms with van der Waals surface area (Å²) in [7, 11) is 0. The van der Waals surface area contributed by atoms with E-state index in [9.17, 15) is 4.79 Å². The minimum absolute atomic E-state index is 0.0662. The summed E-state index contributed by atoms with van der Waals surface area (Å²) in [6.45, 7) is 6.00. The monoisotopic (exact) mass is 351 g/mol. The Hall–Kier alpha value is -2.63. The lowest BCUT2D eigenvalue weighted by molar-refractivity contribution is 0.0909. The molecule has 1 spiro atoms. The van der Waals surface area contributed by atoms with Gasteiger partial charge in [-0.3, -0.25) is 4.79 Å². The zero-order valence-electron chi connectivity index (χ0n) is 15.6. The summed E-state index contributed by atoms with van der Waals surface area (Å²) in [5.74, 6) is 1.24. The van der Waals surface area contributed by atoms with Crippen molar-refractivity contribution < 1.29 is 4.79 Å². The minimum Gasteiger partial charge on any atom is -0.383 e. The van der Waals surface area contributed by atoms with Crippen molar-refractivity contribution in [2.45, 2.75) is 58.4 Å². The molecule has 1 fully saturated rings. The van der Waals surface area contributed by atoms with E-state index >= 15 is 0 Å². The van der Waals surface area contributed by atoms with Gasteiger partial charge in [-0.05, 0) is 56.4 Å². The molecule has 1 saturated carbocycles. The molecular formula is C20H25N5O. The van der Waals surface area contributed by atoms with E-state index in [0.717, 1.165) is 53.6 Å². The molecule has 6 nitrogen and oxygen atoms in total. The Kier molecular flexibility index (Phi) is 3.86. The van der Waals surface area contributed by atoms with Gasteiger partial charge in [-0.15, -0.1) is 0 Å². The molecule has 1 aromatic heterocycles. The molecule has 1 aliphatic carbocycles. The lowest BCUT2D eigenvalue weighted by atomic mass is 9.75. The van der Waals surface area contributed by atoms with Gasteiger partial charge in [0.15, 0.2) is 0 Å². The van der Waals surface area contributed by atoms with E-state index in [1.807, 2.05) is 19.9 Å². The number of nitrogens with two attached hydrogens (primary N) is 1. The number of hydrogen-bond donors (Lipinski definition) is 3. The summed E-state index contributed by atoms with van der Waals surface area (Å²) in [5.41, 5.74) is 11.6. The Morgan fingerprint density at radius 2 is 1.85 bits per heavy atom. The highest BCUT2D eigenvalue weighted by atomic mass is 16.2. The Labute approximate surface area is 153 Å². The maximum atomic E-state index is 12.7. The molecule has 2 aliphatic rings. The summed E-state index contributed by atoms with van der Waals surface area (Å²) in [4.78, 5) is 21.1. The number of nitrogens with zero attached hydrogens (tertiary/aromatic N) is 2. The second-order valence-corrected chi connectivity index (χ2v) is 7.57. The molecule has 2 heterocycles. The maximum Gasteiger partial charge on any atom is 0.252 e. The average molecular weight is 351 g/mol. The molecule has 2 aromatic rings. The predicted molar refractivity (Wildman–Crippen MR) is 103 cm³/mol. The standard InChI is InChI=1S/C20H25N5O/c1-11-9-14(24-18-13(3)17(21)22-10-23-18)12(2)16-15(11)19(26)25-20(16)7-5-4-6-8-20/h9-10H,4-8H2,1-3H3,(H,25,26)(H3,21,22,23,24). The van der Waals surface area contributed by atoms with Gasteiger partial charge in [0.1, 0.15) is 18.0 Å². The van der Waals surface area contributed by atoms with Gasteiger partial charge in [-0.2, -0.15) is 0 Å². The van der Waals surface area contributed by atoms with E-state index in [-0.39, 0.29) is 11.4 Å². The maximum absolute atomic E-state index is 12.7. The number of nitrogens with one attached hydrogen (secondary N) is 2. The number of rotatable bonds is 2. The third-order valence-corrected chi connectivity index (χ3v) is 5.93. The Balaban J connectivity index is 1.84. The molecule has 1 aliphatic heterocycles. The van der Waals surface area contributed by atoms with Crippen molar-refractivity contribution in [2.24, 2.45) is 0 Å². The summed E-state index contributed by atoms with van der Waals surface area (Å²) in [6, 6.07) is 2.04. The largest absolute Gasteiger partial charge is 0.383 e. The van der Waals surface area contributed by atoms with Crippen molar-refractivity contribution in [2.75, 3.05) is 11.1 Å². The van der Waals surface area contributed by atoms with Gasteiger partial charge in [0.05, 0.1) is 5.54 Å². The van der Waals surface area contributed by atoms with Crippen LogP contribution in [0.3, 0.4) is 0 Å². The fourth-order valence-corrected chi connectivity index (χ4v) is 4.53. The number of carbonyl (C=O) groups is 1. The van der Waals surface area contributed by atoms with Crippen LogP contribution in [0.5, 0.6) is 0 Å². The lowest BCUT2D eigenvalue weighted by Crippen LogP contribution is -2.41. The van der Waals surface area contributed by atoms with Crippen LogP contribution < -0.4 is 16.4 Å². The number of hydrogen-bond acceptors (Lipinski definition) is 5. The molecule has 26 heavy (non-hydrogen) atoms. The predicted octanol–water partition coefficient (Wildman–Crippen LogP) is 3.63. The molecule has 4 N–H and O–H groups in total. The first kappa shape index (κ1) is 16.8. The molecule has 0 saturated heterocycles. The van der Waals surface area contributed by atoms with Gasteiger partial charge in [-0.1, -0.05) is 19.3 Å². The van der Waals surface area contributed by atoms with Crippen LogP contribution in [0.15, 0.2) is 12.4 Å². The molecule has 136 valence electrons. The van der Waals surface area contributed by atoms with Crippen LogP contribution in [0.2, 0.25) is 0 Å². The zero-order chi connectivity index (χ0) is 18.5. The van der Waals surface area contributed by atoms with Gasteiger partial charge < -0.3 is 16.4 Å². The normalized spacial score (nSPS) is 17.9. The van der Waals surface area contributed by atoms with Gasteiger partial charge in [0.25, 0.3) is 5.91 Å². The molecule has 0 atom stereocenters. The Morgan fingerprint density at radius 3 is 2.58 bits per heavy atom. The third-order valence-electron chi connectivity index (χ3n) is 5.93. The smallest absolute Gasteiger partial charge is 0.252 e. The van der Waals surface area contributed by atoms with E-state index in [2.05, 4.69) is 27.5 Å². The molecule has 1 aromatic carbocycles. The Bertz CT molecular complexity index is 900. The van der Waals surface area contributed by atoms with E-state index in [0.29, 0.717) is 11.6 Å². The summed E-state index contributed by atoms with van der Waals surface area (Å²) in [6.07, 6.45) is 7.02. The summed E-state index contributed by atoms with van der Waals surface area (Å²) >= 11 is 0. The number of fused-ring (bicyclic) bond motifs is 2. The number of aryl methyl sites for hydroxylation is 1. The lowest BCUT2D eigenvalue weighted by Gasteiger charge is -2.35. The molecule has 0 unspecified atom stereocenters. The fourth-order valence-electron chi connectivity index (χ4n) is 4.53. The first-order chi connectivity index (χ1) is 12.4. The van der Waals surface area contributed by atoms with Gasteiger partial charge in [0.2, 0.25) is 0 Å². The van der Waals surface area contributed by atoms with Crippen molar-refractivity contribution in [3.8, 4) is 0 Å². The van der Waals surface area contributed by atoms with Crippen LogP contribution in [0, 0.1) is 20.8 Å². The summed E-state index contributed by atoms with van der Waals surface area (Å²) < 4.78 is 0. The zero-order valence-corrected chi connectivity index (χ0v) is 15.6. The molecule has 4 rings (SSSR count). The van der Waals surface area contributed by atoms with Gasteiger partial charge in [-0.25, -0.2) is 9.97 Å². The first-order valence-corrected chi connectivity index (χ1v) is 9.24. The van der Waals surface area contributed by atoms with Crippen LogP contribution in [-0.4, -0.2) is 15.9 Å². The van der Waals surface area contributed by atoms with Crippen molar-refractivity contribution in [3.05, 3.63) is 40.2 Å². The molecular weight excluding hydrogens is 326 g/mol. The van der Waals surface area contributed by atoms with E-state index in [1.165, 1.54) is 18.3 Å². The van der Waals surface area contributed by atoms with Crippen LogP contribution in [-0.2, 0) is 5.54 Å². The van der Waals surface area contributed by atoms with Crippen molar-refractivity contribution >= 4 is 23.2 Å². The number of anilines is 3. The van der Waals surface area contributed by atoms with E-state index < -0.39 is 0 Å². The summed E-state index contributed by atoms with van der Waals surface area (Å²) in [5, 5.41) is 6.73. The third kappa shape index (κ3) is 2.43. The molecule has 0 radical (unpaired) electrons. The van der Waals surface area contributed by atoms with Crippen molar-refractivity contribution in [1.82, 2.24) is 15.3 Å². The number of nitrogen functional groups attached to an aromatic ring is 1. The van der Waals surface area contributed by atoms with E-state index in [4.69, 9.17) is 5.73 Å². The minimum atomic E-state index is -0.211. The molecule has 1 amide bonds. The van der Waals surface area contributed by atoms with Crippen LogP contribution >= 0.6 is 0 Å². The van der Waals surface area contributed by atoms with E-state index in [1.54, 1.807) is 0 Å². The van der Waals surface area contributed by atoms with Crippen molar-refractivity contribution in [1.29, 1.82) is 0 Å². The van der Waals surface area contributed by atoms with Gasteiger partial charge in [0, 0.05) is 16.8 Å². The highest BCUT2D eigenvalue weighted by molar-refractivity contribution is 6.02. The highest BCUT2D eigenvalue weighted by Crippen LogP contribution is 2.47. The second kappa shape index (κ2) is 5.97. The highest BCUT2D eigenvalue weighted by Gasteiger charge is 2.45. The average Bonchev–Trinajstić information content (AvgIpc) is 2.89. The number of amides is 1. The first-order valence-electron chi connectivity index (χ1n) is 9.24. The fraction of sp³-hybridized carbons (Fsp3) is 0.450. The number of benzene rings is 1. The van der Waals surface area contributed by atoms with Crippen LogP contribution in [0.1, 0.15) is 64.7 Å². The topological polar surface area (TPSA) is 92.9 Å². The Morgan fingerprint density at radius 1 is 1.12 bits per heavy atom. The van der Waals surface area contributed by atoms with Crippen molar-refractivity contribution in [3.63, 3.8) is 0 Å². The molecule has 6 heteroatoms. The van der Waals surface area contributed by atoms with Crippen LogP contribution in [0.25, 0.3) is 0 Å².